The van der Waals surface area contributed by atoms with Crippen molar-refractivity contribution in [3.63, 3.8) is 0 Å². The number of pyridine rings is 1. The Labute approximate surface area is 96.5 Å². The van der Waals surface area contributed by atoms with E-state index in [1.807, 2.05) is 6.07 Å². The average Bonchev–Trinajstić information content (AvgIpc) is 2.26. The van der Waals surface area contributed by atoms with E-state index >= 15 is 0 Å². The van der Waals surface area contributed by atoms with E-state index in [1.54, 1.807) is 6.07 Å². The summed E-state index contributed by atoms with van der Waals surface area (Å²) >= 11 is 0. The van der Waals surface area contributed by atoms with Gasteiger partial charge in [-0.3, -0.25) is 0 Å². The predicted molar refractivity (Wildman–Crippen MR) is 65.9 cm³/mol. The van der Waals surface area contributed by atoms with Crippen molar-refractivity contribution in [1.82, 2.24) is 4.98 Å². The largest absolute Gasteiger partial charge is 0.396 e. The van der Waals surface area contributed by atoms with Crippen molar-refractivity contribution in [3.05, 3.63) is 17.8 Å². The number of nitrogens with one attached hydrogen (secondary N) is 1. The molecule has 0 radical (unpaired) electrons. The van der Waals surface area contributed by atoms with Crippen molar-refractivity contribution in [2.75, 3.05) is 17.6 Å². The summed E-state index contributed by atoms with van der Waals surface area (Å²) in [6.07, 6.45) is 1.53. The van der Waals surface area contributed by atoms with Gasteiger partial charge in [-0.15, -0.1) is 0 Å². The van der Waals surface area contributed by atoms with Crippen molar-refractivity contribution in [1.29, 1.82) is 5.26 Å². The molecule has 0 aliphatic rings. The molecule has 1 heterocycles. The molecule has 0 bridgehead atoms. The van der Waals surface area contributed by atoms with Crippen LogP contribution in [0.25, 0.3) is 0 Å². The zero-order chi connectivity index (χ0) is 12.1. The van der Waals surface area contributed by atoms with E-state index in [2.05, 4.69) is 31.1 Å². The third kappa shape index (κ3) is 3.13. The molecule has 0 aliphatic carbocycles. The van der Waals surface area contributed by atoms with Crippen LogP contribution in [0.2, 0.25) is 0 Å². The summed E-state index contributed by atoms with van der Waals surface area (Å²) in [7, 11) is 0. The maximum atomic E-state index is 8.68. The average molecular weight is 218 g/mol. The first-order valence-electron chi connectivity index (χ1n) is 5.44. The second-order valence-electron chi connectivity index (χ2n) is 4.38. The highest BCUT2D eigenvalue weighted by Gasteiger charge is 2.08. The second-order valence-corrected chi connectivity index (χ2v) is 4.38. The van der Waals surface area contributed by atoms with Crippen LogP contribution in [-0.4, -0.2) is 11.5 Å². The monoisotopic (exact) mass is 218 g/mol. The molecule has 1 aromatic heterocycles. The molecular formula is C12H18N4. The highest BCUT2D eigenvalue weighted by atomic mass is 15.0. The minimum atomic E-state index is 0.486. The molecule has 4 nitrogen and oxygen atoms in total. The highest BCUT2D eigenvalue weighted by molar-refractivity contribution is 5.62. The fourth-order valence-electron chi connectivity index (χ4n) is 1.18. The summed E-state index contributed by atoms with van der Waals surface area (Å²) in [5, 5.41) is 11.9. The Morgan fingerprint density at radius 2 is 2.19 bits per heavy atom. The molecule has 0 fully saturated rings. The van der Waals surface area contributed by atoms with Gasteiger partial charge in [-0.25, -0.2) is 4.98 Å². The smallest absolute Gasteiger partial charge is 0.149 e. The van der Waals surface area contributed by atoms with Crippen LogP contribution in [0, 0.1) is 23.2 Å². The van der Waals surface area contributed by atoms with Crippen molar-refractivity contribution in [2.24, 2.45) is 11.8 Å². The Bertz CT molecular complexity index is 392. The third-order valence-electron chi connectivity index (χ3n) is 2.78. The van der Waals surface area contributed by atoms with Gasteiger partial charge in [0, 0.05) is 12.7 Å². The van der Waals surface area contributed by atoms with E-state index in [1.165, 1.54) is 6.20 Å². The van der Waals surface area contributed by atoms with Gasteiger partial charge in [0.1, 0.15) is 11.9 Å². The first-order valence-corrected chi connectivity index (χ1v) is 5.44. The quantitative estimate of drug-likeness (QED) is 0.812. The molecule has 0 spiro atoms. The first kappa shape index (κ1) is 12.3. The molecule has 4 heteroatoms. The van der Waals surface area contributed by atoms with Gasteiger partial charge in [0.25, 0.3) is 0 Å². The van der Waals surface area contributed by atoms with Crippen molar-refractivity contribution in [2.45, 2.75) is 20.8 Å². The van der Waals surface area contributed by atoms with Crippen LogP contribution in [0.3, 0.4) is 0 Å². The lowest BCUT2D eigenvalue weighted by Crippen LogP contribution is -2.17. The van der Waals surface area contributed by atoms with Crippen LogP contribution < -0.4 is 11.1 Å². The van der Waals surface area contributed by atoms with Crippen LogP contribution in [0.4, 0.5) is 11.5 Å². The molecule has 1 atom stereocenters. The molecule has 3 N–H and O–H groups in total. The fraction of sp³-hybridized carbons (Fsp3) is 0.500. The third-order valence-corrected chi connectivity index (χ3v) is 2.78. The number of nitrogens with two attached hydrogens (primary N) is 1. The second kappa shape index (κ2) is 5.36. The van der Waals surface area contributed by atoms with E-state index in [0.717, 1.165) is 6.54 Å². The zero-order valence-corrected chi connectivity index (χ0v) is 9.99. The lowest BCUT2D eigenvalue weighted by atomic mass is 9.98. The Balaban J connectivity index is 2.65. The molecule has 1 rings (SSSR count). The number of rotatable bonds is 4. The molecule has 0 saturated carbocycles. The Kier molecular flexibility index (Phi) is 4.12. The van der Waals surface area contributed by atoms with Crippen LogP contribution in [-0.2, 0) is 0 Å². The van der Waals surface area contributed by atoms with E-state index in [9.17, 15) is 0 Å². The number of aromatic nitrogens is 1. The fourth-order valence-corrected chi connectivity index (χ4v) is 1.18. The van der Waals surface area contributed by atoms with E-state index in [0.29, 0.717) is 28.9 Å². The van der Waals surface area contributed by atoms with Crippen LogP contribution in [0.5, 0.6) is 0 Å². The lowest BCUT2D eigenvalue weighted by molar-refractivity contribution is 0.439. The summed E-state index contributed by atoms with van der Waals surface area (Å²) in [5.41, 5.74) is 6.79. The maximum absolute atomic E-state index is 8.68. The minimum absolute atomic E-state index is 0.486. The number of hydrogen-bond donors (Lipinski definition) is 2. The molecule has 0 amide bonds. The lowest BCUT2D eigenvalue weighted by Gasteiger charge is -2.17. The molecular weight excluding hydrogens is 200 g/mol. The summed E-state index contributed by atoms with van der Waals surface area (Å²) in [6.45, 7) is 7.38. The Hall–Kier alpha value is -1.76. The minimum Gasteiger partial charge on any atom is -0.396 e. The van der Waals surface area contributed by atoms with Crippen molar-refractivity contribution in [3.8, 4) is 6.07 Å². The maximum Gasteiger partial charge on any atom is 0.149 e. The van der Waals surface area contributed by atoms with Crippen LogP contribution >= 0.6 is 0 Å². The SMILES string of the molecule is CC(C)C(C)CNc1ncc(C#N)cc1N. The number of hydrogen-bond acceptors (Lipinski definition) is 4. The highest BCUT2D eigenvalue weighted by Crippen LogP contribution is 2.17. The topological polar surface area (TPSA) is 74.7 Å². The van der Waals surface area contributed by atoms with Gasteiger partial charge in [-0.05, 0) is 17.9 Å². The molecule has 16 heavy (non-hydrogen) atoms. The number of nitrogen functional groups attached to an aromatic ring is 1. The van der Waals surface area contributed by atoms with Gasteiger partial charge in [-0.1, -0.05) is 20.8 Å². The van der Waals surface area contributed by atoms with Crippen molar-refractivity contribution < 1.29 is 0 Å². The number of nitrogens with zero attached hydrogens (tertiary/aromatic N) is 2. The van der Waals surface area contributed by atoms with E-state index < -0.39 is 0 Å². The predicted octanol–water partition coefficient (Wildman–Crippen LogP) is 2.24. The van der Waals surface area contributed by atoms with Gasteiger partial charge in [0.2, 0.25) is 0 Å². The Morgan fingerprint density at radius 1 is 1.50 bits per heavy atom. The number of anilines is 2. The van der Waals surface area contributed by atoms with E-state index in [-0.39, 0.29) is 0 Å². The summed E-state index contributed by atoms with van der Waals surface area (Å²) in [6, 6.07) is 3.64. The van der Waals surface area contributed by atoms with E-state index in [4.69, 9.17) is 11.0 Å². The molecule has 1 aromatic rings. The molecule has 86 valence electrons. The van der Waals surface area contributed by atoms with Crippen molar-refractivity contribution >= 4 is 11.5 Å². The van der Waals surface area contributed by atoms with Crippen LogP contribution in [0.1, 0.15) is 26.3 Å². The summed E-state index contributed by atoms with van der Waals surface area (Å²) in [5.74, 6) is 1.83. The number of nitriles is 1. The van der Waals surface area contributed by atoms with Gasteiger partial charge < -0.3 is 11.1 Å². The first-order chi connectivity index (χ1) is 7.54. The Morgan fingerprint density at radius 3 is 2.69 bits per heavy atom. The van der Waals surface area contributed by atoms with Gasteiger partial charge in [0.15, 0.2) is 0 Å². The summed E-state index contributed by atoms with van der Waals surface area (Å²) < 4.78 is 0. The van der Waals surface area contributed by atoms with Gasteiger partial charge >= 0.3 is 0 Å². The standard InChI is InChI=1S/C12H18N4/c1-8(2)9(3)6-15-12-11(14)4-10(5-13)7-16-12/h4,7-9H,6,14H2,1-3H3,(H,15,16). The van der Waals surface area contributed by atoms with Gasteiger partial charge in [-0.2, -0.15) is 5.26 Å². The zero-order valence-electron chi connectivity index (χ0n) is 9.99. The molecule has 0 aliphatic heterocycles. The molecule has 0 aromatic carbocycles. The summed E-state index contributed by atoms with van der Waals surface area (Å²) in [4.78, 5) is 4.12. The van der Waals surface area contributed by atoms with Crippen LogP contribution in [0.15, 0.2) is 12.3 Å². The molecule has 0 saturated heterocycles. The molecule has 1 unspecified atom stereocenters. The normalized spacial score (nSPS) is 12.2. The van der Waals surface area contributed by atoms with Gasteiger partial charge in [0.05, 0.1) is 11.3 Å².